The van der Waals surface area contributed by atoms with Gasteiger partial charge in [0.15, 0.2) is 0 Å². The third-order valence-electron chi connectivity index (χ3n) is 4.58. The third kappa shape index (κ3) is 5.07. The Balaban J connectivity index is 2.34. The fraction of sp³-hybridized carbons (Fsp3) is 0.550. The topological polar surface area (TPSA) is 78.9 Å². The van der Waals surface area contributed by atoms with Crippen molar-refractivity contribution in [1.29, 1.82) is 0 Å². The van der Waals surface area contributed by atoms with E-state index in [0.717, 1.165) is 23.1 Å². The van der Waals surface area contributed by atoms with E-state index >= 15 is 0 Å². The van der Waals surface area contributed by atoms with Gasteiger partial charge in [-0.1, -0.05) is 18.6 Å². The van der Waals surface area contributed by atoms with E-state index in [0.29, 0.717) is 24.8 Å². The van der Waals surface area contributed by atoms with Crippen molar-refractivity contribution in [3.63, 3.8) is 0 Å². The van der Waals surface area contributed by atoms with Crippen molar-refractivity contribution in [3.05, 3.63) is 34.4 Å². The second-order valence-electron chi connectivity index (χ2n) is 6.64. The van der Waals surface area contributed by atoms with Crippen LogP contribution < -0.4 is 0 Å². The van der Waals surface area contributed by atoms with E-state index in [1.165, 1.54) is 6.92 Å². The lowest BCUT2D eigenvalue weighted by Gasteiger charge is -2.21. The SMILES string of the molecule is CCC(=O)O[C@H]1C/C=C(\C)CCC2=C(COC(C)=O)C(=O)O[C@@H]2/C=C/1C. The van der Waals surface area contributed by atoms with Crippen LogP contribution in [-0.2, 0) is 28.6 Å². The minimum atomic E-state index is -0.512. The first-order chi connectivity index (χ1) is 12.3. The molecule has 2 rings (SSSR count). The van der Waals surface area contributed by atoms with Gasteiger partial charge in [0.25, 0.3) is 0 Å². The zero-order valence-corrected chi connectivity index (χ0v) is 15.8. The fourth-order valence-electron chi connectivity index (χ4n) is 2.97. The first-order valence-corrected chi connectivity index (χ1v) is 8.91. The van der Waals surface area contributed by atoms with Gasteiger partial charge in [0.2, 0.25) is 0 Å². The summed E-state index contributed by atoms with van der Waals surface area (Å²) in [4.78, 5) is 35.1. The summed E-state index contributed by atoms with van der Waals surface area (Å²) in [6.45, 7) is 6.86. The van der Waals surface area contributed by atoms with Gasteiger partial charge in [-0.25, -0.2) is 4.79 Å². The van der Waals surface area contributed by atoms with Crippen LogP contribution in [0.5, 0.6) is 0 Å². The van der Waals surface area contributed by atoms with Crippen LogP contribution in [0.25, 0.3) is 0 Å². The summed E-state index contributed by atoms with van der Waals surface area (Å²) in [6, 6.07) is 0. The van der Waals surface area contributed by atoms with Crippen molar-refractivity contribution in [2.75, 3.05) is 6.61 Å². The molecule has 0 aromatic rings. The lowest BCUT2D eigenvalue weighted by Crippen LogP contribution is -2.21. The molecule has 0 aromatic heterocycles. The van der Waals surface area contributed by atoms with E-state index in [4.69, 9.17) is 14.2 Å². The average molecular weight is 362 g/mol. The monoisotopic (exact) mass is 362 g/mol. The van der Waals surface area contributed by atoms with Gasteiger partial charge in [-0.15, -0.1) is 0 Å². The molecule has 6 heteroatoms. The van der Waals surface area contributed by atoms with Crippen LogP contribution in [0.2, 0.25) is 0 Å². The zero-order valence-electron chi connectivity index (χ0n) is 15.8. The van der Waals surface area contributed by atoms with Crippen LogP contribution in [0.4, 0.5) is 0 Å². The normalized spacial score (nSPS) is 27.5. The second-order valence-corrected chi connectivity index (χ2v) is 6.64. The lowest BCUT2D eigenvalue weighted by molar-refractivity contribution is -0.147. The molecule has 0 fully saturated rings. The summed E-state index contributed by atoms with van der Waals surface area (Å²) in [6.07, 6.45) is 5.31. The number of hydrogen-bond acceptors (Lipinski definition) is 6. The van der Waals surface area contributed by atoms with Gasteiger partial charge in [-0.05, 0) is 43.9 Å². The third-order valence-corrected chi connectivity index (χ3v) is 4.58. The van der Waals surface area contributed by atoms with E-state index in [9.17, 15) is 14.4 Å². The first kappa shape index (κ1) is 19.9. The van der Waals surface area contributed by atoms with Gasteiger partial charge in [-0.2, -0.15) is 0 Å². The highest BCUT2D eigenvalue weighted by molar-refractivity contribution is 5.93. The van der Waals surface area contributed by atoms with Gasteiger partial charge < -0.3 is 14.2 Å². The smallest absolute Gasteiger partial charge is 0.338 e. The summed E-state index contributed by atoms with van der Waals surface area (Å²) in [5.74, 6) is -1.16. The molecule has 0 amide bonds. The van der Waals surface area contributed by atoms with Crippen LogP contribution in [0.3, 0.4) is 0 Å². The molecular formula is C20H26O6. The Kier molecular flexibility index (Phi) is 6.77. The van der Waals surface area contributed by atoms with Crippen LogP contribution in [0.15, 0.2) is 34.4 Å². The quantitative estimate of drug-likeness (QED) is 0.434. The van der Waals surface area contributed by atoms with Crippen molar-refractivity contribution < 1.29 is 28.6 Å². The van der Waals surface area contributed by atoms with E-state index in [1.54, 1.807) is 6.92 Å². The molecule has 0 saturated heterocycles. The van der Waals surface area contributed by atoms with Gasteiger partial charge >= 0.3 is 17.9 Å². The van der Waals surface area contributed by atoms with E-state index in [1.807, 2.05) is 19.9 Å². The molecule has 0 aromatic carbocycles. The van der Waals surface area contributed by atoms with Crippen LogP contribution >= 0.6 is 0 Å². The molecule has 1 aliphatic heterocycles. The molecule has 0 radical (unpaired) electrons. The molecule has 0 spiro atoms. The minimum absolute atomic E-state index is 0.0795. The molecule has 0 bridgehead atoms. The van der Waals surface area contributed by atoms with Crippen molar-refractivity contribution in [2.45, 2.75) is 65.6 Å². The van der Waals surface area contributed by atoms with Crippen LogP contribution in [0, 0.1) is 0 Å². The maximum atomic E-state index is 12.2. The molecule has 0 N–H and O–H groups in total. The fourth-order valence-corrected chi connectivity index (χ4v) is 2.97. The Morgan fingerprint density at radius 1 is 1.27 bits per heavy atom. The Bertz CT molecular complexity index is 682. The van der Waals surface area contributed by atoms with Gasteiger partial charge in [0.05, 0.1) is 5.57 Å². The predicted octanol–water partition coefficient (Wildman–Crippen LogP) is 3.17. The summed E-state index contributed by atoms with van der Waals surface area (Å²) in [5.41, 5.74) is 3.21. The number of ether oxygens (including phenoxy) is 3. The average Bonchev–Trinajstić information content (AvgIpc) is 2.88. The largest absolute Gasteiger partial charge is 0.461 e. The Labute approximate surface area is 153 Å². The number of allylic oxidation sites excluding steroid dienone is 1. The molecule has 1 aliphatic carbocycles. The summed E-state index contributed by atoms with van der Waals surface area (Å²) < 4.78 is 16.0. The highest BCUT2D eigenvalue weighted by atomic mass is 16.6. The van der Waals surface area contributed by atoms with Crippen LogP contribution in [0.1, 0.15) is 53.4 Å². The van der Waals surface area contributed by atoms with E-state index < -0.39 is 18.0 Å². The maximum absolute atomic E-state index is 12.2. The Hall–Kier alpha value is -2.37. The number of carbonyl (C=O) groups excluding carboxylic acids is 3. The number of esters is 3. The van der Waals surface area contributed by atoms with Crippen molar-refractivity contribution in [1.82, 2.24) is 0 Å². The Morgan fingerprint density at radius 2 is 2.00 bits per heavy atom. The second kappa shape index (κ2) is 8.83. The molecule has 2 atom stereocenters. The number of hydrogen-bond donors (Lipinski definition) is 0. The molecule has 26 heavy (non-hydrogen) atoms. The summed E-state index contributed by atoms with van der Waals surface area (Å²) in [5, 5.41) is 0. The molecule has 1 heterocycles. The van der Waals surface area contributed by atoms with Crippen molar-refractivity contribution in [3.8, 4) is 0 Å². The molecule has 142 valence electrons. The van der Waals surface area contributed by atoms with Crippen LogP contribution in [-0.4, -0.2) is 36.7 Å². The molecule has 6 nitrogen and oxygen atoms in total. The minimum Gasteiger partial charge on any atom is -0.461 e. The standard InChI is InChI=1S/C20H26O6/c1-5-19(22)25-17-9-7-12(2)6-8-15-16(11-24-14(4)21)20(23)26-18(15)10-13(17)3/h7,10,17-18H,5-6,8-9,11H2,1-4H3/b12-7+,13-10+/t17-,18+/m0/s1. The van der Waals surface area contributed by atoms with E-state index in [-0.39, 0.29) is 18.7 Å². The summed E-state index contributed by atoms with van der Waals surface area (Å²) in [7, 11) is 0. The number of carbonyl (C=O) groups is 3. The predicted molar refractivity (Wildman–Crippen MR) is 95.1 cm³/mol. The molecule has 0 unspecified atom stereocenters. The highest BCUT2D eigenvalue weighted by Gasteiger charge is 2.34. The van der Waals surface area contributed by atoms with Gasteiger partial charge in [0.1, 0.15) is 18.8 Å². The van der Waals surface area contributed by atoms with Gasteiger partial charge in [-0.3, -0.25) is 9.59 Å². The summed E-state index contributed by atoms with van der Waals surface area (Å²) >= 11 is 0. The molecule has 0 saturated carbocycles. The zero-order chi connectivity index (χ0) is 19.3. The lowest BCUT2D eigenvalue weighted by atomic mass is 9.93. The maximum Gasteiger partial charge on any atom is 0.338 e. The number of rotatable bonds is 4. The van der Waals surface area contributed by atoms with Crippen molar-refractivity contribution >= 4 is 17.9 Å². The molecule has 2 aliphatic rings. The van der Waals surface area contributed by atoms with Crippen molar-refractivity contribution in [2.24, 2.45) is 0 Å². The van der Waals surface area contributed by atoms with E-state index in [2.05, 4.69) is 6.08 Å². The number of fused-ring (bicyclic) bond motifs is 1. The molecular weight excluding hydrogens is 336 g/mol. The Morgan fingerprint density at radius 3 is 2.65 bits per heavy atom. The first-order valence-electron chi connectivity index (χ1n) is 8.91. The van der Waals surface area contributed by atoms with Gasteiger partial charge in [0, 0.05) is 19.8 Å². The highest BCUT2D eigenvalue weighted by Crippen LogP contribution is 2.32.